The van der Waals surface area contributed by atoms with E-state index >= 15 is 0 Å². The van der Waals surface area contributed by atoms with Crippen LogP contribution in [0.4, 0.5) is 0 Å². The predicted molar refractivity (Wildman–Crippen MR) is 53.4 cm³/mol. The molecule has 14 heavy (non-hydrogen) atoms. The number of likely N-dealkylation sites (N-methyl/N-ethyl adjacent to an activating group) is 1. The van der Waals surface area contributed by atoms with Crippen LogP contribution >= 0.6 is 0 Å². The summed E-state index contributed by atoms with van der Waals surface area (Å²) in [5.74, 6) is -0.729. The van der Waals surface area contributed by atoms with E-state index in [2.05, 4.69) is 5.32 Å². The highest BCUT2D eigenvalue weighted by molar-refractivity contribution is 5.79. The Morgan fingerprint density at radius 2 is 2.00 bits per heavy atom. The van der Waals surface area contributed by atoms with Gasteiger partial charge in [-0.05, 0) is 12.6 Å². The van der Waals surface area contributed by atoms with E-state index in [9.17, 15) is 9.90 Å². The van der Waals surface area contributed by atoms with Gasteiger partial charge in [0, 0.05) is 0 Å². The molecule has 76 valence electrons. The van der Waals surface area contributed by atoms with Gasteiger partial charge >= 0.3 is 0 Å². The Morgan fingerprint density at radius 1 is 1.43 bits per heavy atom. The Morgan fingerprint density at radius 3 is 2.43 bits per heavy atom. The van der Waals surface area contributed by atoms with Crippen LogP contribution in [0.2, 0.25) is 0 Å². The molecule has 0 aliphatic heterocycles. The molecule has 2 atom stereocenters. The van der Waals surface area contributed by atoms with Crippen LogP contribution in [0.5, 0.6) is 0 Å². The highest BCUT2D eigenvalue weighted by Gasteiger charge is 2.23. The summed E-state index contributed by atoms with van der Waals surface area (Å²) < 4.78 is 0. The first-order valence-electron chi connectivity index (χ1n) is 4.36. The zero-order chi connectivity index (χ0) is 10.6. The maximum absolute atomic E-state index is 10.8. The lowest BCUT2D eigenvalue weighted by molar-refractivity contribution is -0.127. The molecule has 4 N–H and O–H groups in total. The van der Waals surface area contributed by atoms with Crippen molar-refractivity contribution in [2.45, 2.75) is 12.1 Å². The van der Waals surface area contributed by atoms with Crippen molar-refractivity contribution in [1.29, 1.82) is 0 Å². The van der Waals surface area contributed by atoms with E-state index in [4.69, 9.17) is 5.73 Å². The first-order valence-corrected chi connectivity index (χ1v) is 4.36. The van der Waals surface area contributed by atoms with Crippen molar-refractivity contribution in [3.63, 3.8) is 0 Å². The zero-order valence-electron chi connectivity index (χ0n) is 7.97. The average molecular weight is 194 g/mol. The zero-order valence-corrected chi connectivity index (χ0v) is 7.97. The monoisotopic (exact) mass is 194 g/mol. The van der Waals surface area contributed by atoms with Crippen LogP contribution in [-0.2, 0) is 4.79 Å². The Balaban J connectivity index is 2.87. The molecule has 0 fully saturated rings. The Hall–Kier alpha value is -1.39. The van der Waals surface area contributed by atoms with Gasteiger partial charge in [-0.2, -0.15) is 0 Å². The number of benzene rings is 1. The number of aliphatic hydroxyl groups excluding tert-OH is 1. The lowest BCUT2D eigenvalue weighted by Gasteiger charge is -2.20. The third kappa shape index (κ3) is 2.31. The second-order valence-corrected chi connectivity index (χ2v) is 3.02. The molecule has 0 aliphatic rings. The minimum atomic E-state index is -1.21. The molecule has 1 aromatic rings. The van der Waals surface area contributed by atoms with Crippen molar-refractivity contribution in [3.05, 3.63) is 35.9 Å². The molecular formula is C10H14N2O2. The highest BCUT2D eigenvalue weighted by Crippen LogP contribution is 2.15. The second kappa shape index (κ2) is 4.74. The Kier molecular flexibility index (Phi) is 3.62. The molecule has 0 unspecified atom stereocenters. The normalized spacial score (nSPS) is 14.7. The summed E-state index contributed by atoms with van der Waals surface area (Å²) in [4.78, 5) is 10.8. The molecule has 0 bridgehead atoms. The number of hydrogen-bond acceptors (Lipinski definition) is 3. The minimum absolute atomic E-state index is 0.450. The number of aliphatic hydroxyl groups is 1. The van der Waals surface area contributed by atoms with Crippen molar-refractivity contribution < 1.29 is 9.90 Å². The quantitative estimate of drug-likeness (QED) is 0.621. The van der Waals surface area contributed by atoms with E-state index in [0.29, 0.717) is 0 Å². The number of carbonyl (C=O) groups excluding carboxylic acids is 1. The molecule has 0 radical (unpaired) electrons. The van der Waals surface area contributed by atoms with E-state index < -0.39 is 18.1 Å². The highest BCUT2D eigenvalue weighted by atomic mass is 16.3. The fourth-order valence-electron chi connectivity index (χ4n) is 1.33. The minimum Gasteiger partial charge on any atom is -0.381 e. The summed E-state index contributed by atoms with van der Waals surface area (Å²) in [5.41, 5.74) is 5.86. The summed E-state index contributed by atoms with van der Waals surface area (Å²) in [6.45, 7) is 0. The standard InChI is InChI=1S/C10H14N2O2/c1-12-8(9(13)10(11)14)7-5-3-2-4-6-7/h2-6,8-9,12-13H,1H3,(H2,11,14)/t8-,9+/m0/s1. The van der Waals surface area contributed by atoms with Crippen molar-refractivity contribution in [2.75, 3.05) is 7.05 Å². The van der Waals surface area contributed by atoms with Gasteiger partial charge in [0.05, 0.1) is 6.04 Å². The number of rotatable bonds is 4. The molecule has 0 aromatic heterocycles. The van der Waals surface area contributed by atoms with Crippen LogP contribution in [0, 0.1) is 0 Å². The van der Waals surface area contributed by atoms with Crippen LogP contribution < -0.4 is 11.1 Å². The summed E-state index contributed by atoms with van der Waals surface area (Å²) in [6, 6.07) is 8.75. The van der Waals surface area contributed by atoms with Gasteiger partial charge in [0.25, 0.3) is 0 Å². The lowest BCUT2D eigenvalue weighted by Crippen LogP contribution is -2.39. The molecule has 0 heterocycles. The van der Waals surface area contributed by atoms with Crippen molar-refractivity contribution in [1.82, 2.24) is 5.32 Å². The molecule has 0 saturated carbocycles. The molecule has 1 rings (SSSR count). The van der Waals surface area contributed by atoms with E-state index in [1.807, 2.05) is 30.3 Å². The van der Waals surface area contributed by atoms with Crippen LogP contribution in [0.1, 0.15) is 11.6 Å². The van der Waals surface area contributed by atoms with Gasteiger partial charge in [0.1, 0.15) is 0 Å². The predicted octanol–water partition coefficient (Wildman–Crippen LogP) is -0.207. The first-order chi connectivity index (χ1) is 6.66. The second-order valence-electron chi connectivity index (χ2n) is 3.02. The maximum Gasteiger partial charge on any atom is 0.248 e. The smallest absolute Gasteiger partial charge is 0.248 e. The Bertz CT molecular complexity index is 300. The topological polar surface area (TPSA) is 75.3 Å². The molecule has 0 saturated heterocycles. The fraction of sp³-hybridized carbons (Fsp3) is 0.300. The van der Waals surface area contributed by atoms with Gasteiger partial charge < -0.3 is 16.2 Å². The van der Waals surface area contributed by atoms with E-state index in [1.54, 1.807) is 7.05 Å². The van der Waals surface area contributed by atoms with Gasteiger partial charge in [0.2, 0.25) is 5.91 Å². The van der Waals surface area contributed by atoms with E-state index in [1.165, 1.54) is 0 Å². The summed E-state index contributed by atoms with van der Waals surface area (Å²) in [7, 11) is 1.67. The van der Waals surface area contributed by atoms with Crippen LogP contribution in [0.25, 0.3) is 0 Å². The number of amides is 1. The van der Waals surface area contributed by atoms with Gasteiger partial charge in [-0.3, -0.25) is 4.79 Å². The first kappa shape index (κ1) is 10.7. The lowest BCUT2D eigenvalue weighted by atomic mass is 10.0. The third-order valence-corrected chi connectivity index (χ3v) is 2.08. The molecule has 0 aliphatic carbocycles. The fourth-order valence-corrected chi connectivity index (χ4v) is 1.33. The van der Waals surface area contributed by atoms with Gasteiger partial charge in [-0.15, -0.1) is 0 Å². The molecular weight excluding hydrogens is 180 g/mol. The summed E-state index contributed by atoms with van der Waals surface area (Å²) >= 11 is 0. The van der Waals surface area contributed by atoms with Gasteiger partial charge in [-0.25, -0.2) is 0 Å². The molecule has 1 aromatic carbocycles. The van der Waals surface area contributed by atoms with Crippen LogP contribution in [0.3, 0.4) is 0 Å². The Labute approximate surface area is 82.7 Å². The SMILES string of the molecule is CN[C@@H](c1ccccc1)[C@@H](O)C(N)=O. The summed E-state index contributed by atoms with van der Waals surface area (Å²) in [5, 5.41) is 12.4. The van der Waals surface area contributed by atoms with E-state index in [-0.39, 0.29) is 0 Å². The molecule has 4 heteroatoms. The number of primary amides is 1. The number of nitrogens with two attached hydrogens (primary N) is 1. The van der Waals surface area contributed by atoms with Crippen molar-refractivity contribution in [2.24, 2.45) is 5.73 Å². The van der Waals surface area contributed by atoms with Crippen molar-refractivity contribution >= 4 is 5.91 Å². The van der Waals surface area contributed by atoms with Gasteiger partial charge in [-0.1, -0.05) is 30.3 Å². The molecule has 1 amide bonds. The molecule has 0 spiro atoms. The van der Waals surface area contributed by atoms with Crippen LogP contribution in [0.15, 0.2) is 30.3 Å². The average Bonchev–Trinajstić information content (AvgIpc) is 2.20. The van der Waals surface area contributed by atoms with Gasteiger partial charge in [0.15, 0.2) is 6.10 Å². The van der Waals surface area contributed by atoms with Crippen molar-refractivity contribution in [3.8, 4) is 0 Å². The largest absolute Gasteiger partial charge is 0.381 e. The molecule has 4 nitrogen and oxygen atoms in total. The van der Waals surface area contributed by atoms with E-state index in [0.717, 1.165) is 5.56 Å². The maximum atomic E-state index is 10.8. The number of hydrogen-bond donors (Lipinski definition) is 3. The third-order valence-electron chi connectivity index (χ3n) is 2.08. The summed E-state index contributed by atoms with van der Waals surface area (Å²) in [6.07, 6.45) is -1.21. The van der Waals surface area contributed by atoms with Crippen LogP contribution in [-0.4, -0.2) is 24.2 Å². The number of nitrogens with one attached hydrogen (secondary N) is 1. The number of carbonyl (C=O) groups is 1.